The molecule has 0 aliphatic heterocycles. The Morgan fingerprint density at radius 1 is 0.846 bits per heavy atom. The first-order valence-corrected chi connectivity index (χ1v) is 10.7. The van der Waals surface area contributed by atoms with E-state index < -0.39 is 0 Å². The third-order valence-electron chi connectivity index (χ3n) is 6.81. The van der Waals surface area contributed by atoms with Crippen molar-refractivity contribution in [1.29, 1.82) is 0 Å². The van der Waals surface area contributed by atoms with Gasteiger partial charge in [0.2, 0.25) is 0 Å². The summed E-state index contributed by atoms with van der Waals surface area (Å²) in [6.07, 6.45) is 18.1. The fraction of sp³-hybridized carbons (Fsp3) is 0.667. The first-order valence-electron chi connectivity index (χ1n) is 10.7. The monoisotopic (exact) mass is 360 g/mol. The SMILES string of the molecule is FCC/C=C/[C@H]1CC[C@H](C2CCC(CCc3ccc(F)cc3)CC2)CC1. The summed E-state index contributed by atoms with van der Waals surface area (Å²) in [7, 11) is 0. The number of hydrogen-bond acceptors (Lipinski definition) is 0. The van der Waals surface area contributed by atoms with E-state index in [2.05, 4.69) is 6.08 Å². The number of benzene rings is 1. The van der Waals surface area contributed by atoms with Crippen LogP contribution in [0.1, 0.15) is 69.8 Å². The molecule has 2 fully saturated rings. The number of rotatable bonds is 7. The zero-order chi connectivity index (χ0) is 18.2. The van der Waals surface area contributed by atoms with Crippen LogP contribution < -0.4 is 0 Å². The fourth-order valence-corrected chi connectivity index (χ4v) is 5.13. The first kappa shape index (κ1) is 19.6. The Labute approximate surface area is 158 Å². The smallest absolute Gasteiger partial charge is 0.123 e. The lowest BCUT2D eigenvalue weighted by molar-refractivity contribution is 0.152. The van der Waals surface area contributed by atoms with Gasteiger partial charge in [-0.15, -0.1) is 0 Å². The predicted octanol–water partition coefficient (Wildman–Crippen LogP) is 7.29. The van der Waals surface area contributed by atoms with E-state index in [1.165, 1.54) is 63.4 Å². The summed E-state index contributed by atoms with van der Waals surface area (Å²) < 4.78 is 25.2. The summed E-state index contributed by atoms with van der Waals surface area (Å²) in [4.78, 5) is 0. The van der Waals surface area contributed by atoms with E-state index in [0.717, 1.165) is 24.2 Å². The largest absolute Gasteiger partial charge is 0.251 e. The molecule has 1 aromatic carbocycles. The van der Waals surface area contributed by atoms with Crippen LogP contribution in [0.3, 0.4) is 0 Å². The molecule has 0 amide bonds. The molecule has 0 radical (unpaired) electrons. The molecule has 2 aliphatic carbocycles. The van der Waals surface area contributed by atoms with Crippen molar-refractivity contribution in [2.24, 2.45) is 23.7 Å². The first-order chi connectivity index (χ1) is 12.7. The topological polar surface area (TPSA) is 0 Å². The molecule has 0 atom stereocenters. The molecule has 2 saturated carbocycles. The van der Waals surface area contributed by atoms with Gasteiger partial charge in [0.25, 0.3) is 0 Å². The van der Waals surface area contributed by atoms with Crippen LogP contribution in [0.15, 0.2) is 36.4 Å². The van der Waals surface area contributed by atoms with Crippen molar-refractivity contribution in [2.75, 3.05) is 6.67 Å². The Morgan fingerprint density at radius 3 is 2.08 bits per heavy atom. The highest BCUT2D eigenvalue weighted by Gasteiger charge is 2.30. The van der Waals surface area contributed by atoms with Crippen LogP contribution in [0, 0.1) is 29.5 Å². The van der Waals surface area contributed by atoms with Gasteiger partial charge in [-0.2, -0.15) is 0 Å². The summed E-state index contributed by atoms with van der Waals surface area (Å²) in [6.45, 7) is -0.226. The minimum atomic E-state index is -0.226. The standard InChI is InChI=1S/C24H34F2/c25-18-2-1-3-19-6-12-22(13-7-19)23-14-8-20(9-15-23)4-5-21-10-16-24(26)17-11-21/h1,3,10-11,16-17,19-20,22-23H,2,4-9,12-15,18H2/b3-1+/t19-,20?,22-,23?. The number of halogens is 2. The van der Waals surface area contributed by atoms with E-state index in [1.807, 2.05) is 18.2 Å². The van der Waals surface area contributed by atoms with Crippen molar-refractivity contribution >= 4 is 0 Å². The molecule has 0 N–H and O–H groups in total. The molecule has 0 heterocycles. The van der Waals surface area contributed by atoms with Crippen LogP contribution in [0.25, 0.3) is 0 Å². The van der Waals surface area contributed by atoms with Crippen LogP contribution in [0.5, 0.6) is 0 Å². The van der Waals surface area contributed by atoms with Gasteiger partial charge in [-0.05, 0) is 99.2 Å². The molecule has 2 heteroatoms. The Bertz CT molecular complexity index is 532. The number of alkyl halides is 1. The van der Waals surface area contributed by atoms with E-state index in [0.29, 0.717) is 12.3 Å². The summed E-state index contributed by atoms with van der Waals surface area (Å²) in [5.74, 6) is 3.29. The van der Waals surface area contributed by atoms with Crippen molar-refractivity contribution in [1.82, 2.24) is 0 Å². The molecule has 3 rings (SSSR count). The third kappa shape index (κ3) is 5.93. The molecular formula is C24H34F2. The Kier molecular flexibility index (Phi) is 7.70. The molecule has 0 saturated heterocycles. The second-order valence-corrected chi connectivity index (χ2v) is 8.53. The van der Waals surface area contributed by atoms with E-state index >= 15 is 0 Å². The normalized spacial score (nSPS) is 29.9. The fourth-order valence-electron chi connectivity index (χ4n) is 5.13. The van der Waals surface area contributed by atoms with Gasteiger partial charge in [0.15, 0.2) is 0 Å². The van der Waals surface area contributed by atoms with Gasteiger partial charge >= 0.3 is 0 Å². The van der Waals surface area contributed by atoms with Crippen LogP contribution in [-0.4, -0.2) is 6.67 Å². The molecule has 1 aromatic rings. The molecule has 2 aliphatic rings. The molecule has 0 aromatic heterocycles. The van der Waals surface area contributed by atoms with E-state index in [-0.39, 0.29) is 12.5 Å². The van der Waals surface area contributed by atoms with Crippen LogP contribution in [0.4, 0.5) is 8.78 Å². The Morgan fingerprint density at radius 2 is 1.46 bits per heavy atom. The minimum absolute atomic E-state index is 0.137. The van der Waals surface area contributed by atoms with Crippen molar-refractivity contribution in [3.63, 3.8) is 0 Å². The Balaban J connectivity index is 1.34. The van der Waals surface area contributed by atoms with Gasteiger partial charge in [-0.1, -0.05) is 37.1 Å². The molecule has 144 valence electrons. The Hall–Kier alpha value is -1.18. The van der Waals surface area contributed by atoms with Gasteiger partial charge < -0.3 is 0 Å². The van der Waals surface area contributed by atoms with Crippen molar-refractivity contribution in [2.45, 2.75) is 70.6 Å². The highest BCUT2D eigenvalue weighted by Crippen LogP contribution is 2.42. The summed E-state index contributed by atoms with van der Waals surface area (Å²) in [5, 5.41) is 0. The number of allylic oxidation sites excluding steroid dienone is 2. The van der Waals surface area contributed by atoms with Crippen LogP contribution >= 0.6 is 0 Å². The zero-order valence-electron chi connectivity index (χ0n) is 16.0. The second kappa shape index (κ2) is 10.2. The lowest BCUT2D eigenvalue weighted by Gasteiger charge is -2.37. The van der Waals surface area contributed by atoms with Crippen LogP contribution in [0.2, 0.25) is 0 Å². The van der Waals surface area contributed by atoms with Gasteiger partial charge in [-0.25, -0.2) is 4.39 Å². The second-order valence-electron chi connectivity index (χ2n) is 8.53. The molecular weight excluding hydrogens is 326 g/mol. The maximum Gasteiger partial charge on any atom is 0.123 e. The highest BCUT2D eigenvalue weighted by molar-refractivity contribution is 5.16. The zero-order valence-corrected chi connectivity index (χ0v) is 16.0. The summed E-state index contributed by atoms with van der Waals surface area (Å²) >= 11 is 0. The predicted molar refractivity (Wildman–Crippen MR) is 105 cm³/mol. The molecule has 0 bridgehead atoms. The summed E-state index contributed by atoms with van der Waals surface area (Å²) in [6, 6.07) is 7.02. The quantitative estimate of drug-likeness (QED) is 0.448. The summed E-state index contributed by atoms with van der Waals surface area (Å²) in [5.41, 5.74) is 1.27. The highest BCUT2D eigenvalue weighted by atomic mass is 19.1. The molecule has 26 heavy (non-hydrogen) atoms. The molecule has 0 nitrogen and oxygen atoms in total. The average molecular weight is 361 g/mol. The van der Waals surface area contributed by atoms with E-state index in [4.69, 9.17) is 0 Å². The van der Waals surface area contributed by atoms with Crippen molar-refractivity contribution < 1.29 is 8.78 Å². The third-order valence-corrected chi connectivity index (χ3v) is 6.81. The minimum Gasteiger partial charge on any atom is -0.251 e. The number of aryl methyl sites for hydroxylation is 1. The van der Waals surface area contributed by atoms with Gasteiger partial charge in [0, 0.05) is 0 Å². The average Bonchev–Trinajstić information content (AvgIpc) is 2.69. The molecule has 0 unspecified atom stereocenters. The van der Waals surface area contributed by atoms with Gasteiger partial charge in [0.05, 0.1) is 6.67 Å². The van der Waals surface area contributed by atoms with Crippen molar-refractivity contribution in [3.05, 3.63) is 47.8 Å². The van der Waals surface area contributed by atoms with Crippen LogP contribution in [-0.2, 0) is 6.42 Å². The maximum atomic E-state index is 13.0. The van der Waals surface area contributed by atoms with Gasteiger partial charge in [-0.3, -0.25) is 4.39 Å². The van der Waals surface area contributed by atoms with Gasteiger partial charge in [0.1, 0.15) is 5.82 Å². The molecule has 0 spiro atoms. The van der Waals surface area contributed by atoms with Crippen molar-refractivity contribution in [3.8, 4) is 0 Å². The number of hydrogen-bond donors (Lipinski definition) is 0. The van der Waals surface area contributed by atoms with E-state index in [1.54, 1.807) is 12.1 Å². The lowest BCUT2D eigenvalue weighted by Crippen LogP contribution is -2.25. The maximum absolute atomic E-state index is 13.0. The lowest BCUT2D eigenvalue weighted by atomic mass is 9.68. The van der Waals surface area contributed by atoms with E-state index in [9.17, 15) is 8.78 Å².